The summed E-state index contributed by atoms with van der Waals surface area (Å²) in [5, 5.41) is 2.66. The van der Waals surface area contributed by atoms with E-state index in [-0.39, 0.29) is 0 Å². The van der Waals surface area contributed by atoms with E-state index in [9.17, 15) is 9.59 Å². The largest absolute Gasteiger partial charge is 0.497 e. The van der Waals surface area contributed by atoms with E-state index < -0.39 is 18.5 Å². The maximum atomic E-state index is 12.1. The van der Waals surface area contributed by atoms with Gasteiger partial charge in [-0.15, -0.1) is 0 Å². The average molecular weight is 429 g/mol. The molecule has 0 aromatic heterocycles. The second kappa shape index (κ2) is 12.1. The highest BCUT2D eigenvalue weighted by molar-refractivity contribution is 5.95. The Hall–Kier alpha value is -3.68. The molecule has 0 radical (unpaired) electrons. The number of nitrogens with one attached hydrogen (secondary N) is 1. The van der Waals surface area contributed by atoms with Crippen LogP contribution in [0.4, 0.5) is 5.69 Å². The van der Waals surface area contributed by atoms with Gasteiger partial charge >= 0.3 is 5.97 Å². The molecule has 0 spiro atoms. The fourth-order valence-electron chi connectivity index (χ4n) is 2.64. The SMILES string of the molecule is CCOc1ccc(NC(=O)COC(=O)/C=C/c2cc(OC)ccc2OC)cc1OCC. The van der Waals surface area contributed by atoms with Crippen LogP contribution in [0.15, 0.2) is 42.5 Å². The van der Waals surface area contributed by atoms with Gasteiger partial charge in [0, 0.05) is 23.4 Å². The molecule has 0 atom stereocenters. The summed E-state index contributed by atoms with van der Waals surface area (Å²) in [4.78, 5) is 24.1. The molecule has 0 saturated carbocycles. The third kappa shape index (κ3) is 7.26. The smallest absolute Gasteiger partial charge is 0.331 e. The van der Waals surface area contributed by atoms with Gasteiger partial charge in [0.15, 0.2) is 18.1 Å². The van der Waals surface area contributed by atoms with E-state index in [4.69, 9.17) is 23.7 Å². The fourth-order valence-corrected chi connectivity index (χ4v) is 2.64. The summed E-state index contributed by atoms with van der Waals surface area (Å²) in [7, 11) is 3.07. The number of esters is 1. The molecule has 31 heavy (non-hydrogen) atoms. The zero-order valence-electron chi connectivity index (χ0n) is 18.1. The lowest BCUT2D eigenvalue weighted by Crippen LogP contribution is -2.20. The average Bonchev–Trinajstić information content (AvgIpc) is 2.78. The summed E-state index contributed by atoms with van der Waals surface area (Å²) in [6, 6.07) is 10.2. The molecule has 0 fully saturated rings. The van der Waals surface area contributed by atoms with Crippen LogP contribution in [0.25, 0.3) is 6.08 Å². The predicted octanol–water partition coefficient (Wildman–Crippen LogP) is 3.70. The van der Waals surface area contributed by atoms with E-state index >= 15 is 0 Å². The van der Waals surface area contributed by atoms with Crippen molar-refractivity contribution < 1.29 is 33.3 Å². The van der Waals surface area contributed by atoms with Gasteiger partial charge in [0.1, 0.15) is 11.5 Å². The van der Waals surface area contributed by atoms with Crippen LogP contribution in [0, 0.1) is 0 Å². The first kappa shape index (κ1) is 23.6. The number of methoxy groups -OCH3 is 2. The molecule has 0 unspecified atom stereocenters. The van der Waals surface area contributed by atoms with Gasteiger partial charge in [0.25, 0.3) is 5.91 Å². The summed E-state index contributed by atoms with van der Waals surface area (Å²) in [6.07, 6.45) is 2.75. The van der Waals surface area contributed by atoms with E-state index in [0.717, 1.165) is 0 Å². The normalized spacial score (nSPS) is 10.5. The van der Waals surface area contributed by atoms with Gasteiger partial charge in [-0.25, -0.2) is 4.79 Å². The van der Waals surface area contributed by atoms with Gasteiger partial charge in [0.05, 0.1) is 27.4 Å². The van der Waals surface area contributed by atoms with Crippen molar-refractivity contribution in [3.8, 4) is 23.0 Å². The molecule has 2 aromatic carbocycles. The molecule has 8 nitrogen and oxygen atoms in total. The molecule has 0 saturated heterocycles. The van der Waals surface area contributed by atoms with Crippen LogP contribution in [0.1, 0.15) is 19.4 Å². The number of rotatable bonds is 11. The van der Waals surface area contributed by atoms with Crippen molar-refractivity contribution >= 4 is 23.6 Å². The summed E-state index contributed by atoms with van der Waals surface area (Å²) in [5.41, 5.74) is 1.14. The highest BCUT2D eigenvalue weighted by Gasteiger charge is 2.10. The van der Waals surface area contributed by atoms with Crippen LogP contribution in [0.3, 0.4) is 0 Å². The molecular formula is C23H27NO7. The molecule has 0 aliphatic rings. The Morgan fingerprint density at radius 1 is 0.903 bits per heavy atom. The van der Waals surface area contributed by atoms with E-state index in [0.29, 0.717) is 47.5 Å². The minimum Gasteiger partial charge on any atom is -0.497 e. The van der Waals surface area contributed by atoms with Crippen molar-refractivity contribution in [1.82, 2.24) is 0 Å². The van der Waals surface area contributed by atoms with Crippen molar-refractivity contribution in [3.63, 3.8) is 0 Å². The van der Waals surface area contributed by atoms with Crippen LogP contribution >= 0.6 is 0 Å². The number of ether oxygens (including phenoxy) is 5. The summed E-state index contributed by atoms with van der Waals surface area (Å²) >= 11 is 0. The lowest BCUT2D eigenvalue weighted by Gasteiger charge is -2.13. The van der Waals surface area contributed by atoms with Gasteiger partial charge in [-0.05, 0) is 50.3 Å². The summed E-state index contributed by atoms with van der Waals surface area (Å²) in [5.74, 6) is 1.16. The Balaban J connectivity index is 1.93. The maximum absolute atomic E-state index is 12.1. The van der Waals surface area contributed by atoms with E-state index in [1.807, 2.05) is 13.8 Å². The zero-order chi connectivity index (χ0) is 22.6. The van der Waals surface area contributed by atoms with Crippen LogP contribution in [-0.2, 0) is 14.3 Å². The molecule has 8 heteroatoms. The maximum Gasteiger partial charge on any atom is 0.331 e. The van der Waals surface area contributed by atoms with Crippen LogP contribution < -0.4 is 24.3 Å². The summed E-state index contributed by atoms with van der Waals surface area (Å²) < 4.78 is 26.4. The van der Waals surface area contributed by atoms with E-state index in [1.165, 1.54) is 19.3 Å². The Kier molecular flexibility index (Phi) is 9.22. The Morgan fingerprint density at radius 3 is 2.29 bits per heavy atom. The van der Waals surface area contributed by atoms with Gasteiger partial charge < -0.3 is 29.0 Å². The van der Waals surface area contributed by atoms with Crippen LogP contribution in [-0.4, -0.2) is 45.9 Å². The lowest BCUT2D eigenvalue weighted by atomic mass is 10.1. The highest BCUT2D eigenvalue weighted by Crippen LogP contribution is 2.30. The Bertz CT molecular complexity index is 924. The van der Waals surface area contributed by atoms with Crippen molar-refractivity contribution in [2.75, 3.05) is 39.4 Å². The minimum absolute atomic E-state index is 0.435. The number of amides is 1. The molecule has 166 valence electrons. The predicted molar refractivity (Wildman–Crippen MR) is 117 cm³/mol. The number of carbonyl (C=O) groups excluding carboxylic acids is 2. The molecule has 0 bridgehead atoms. The Morgan fingerprint density at radius 2 is 1.61 bits per heavy atom. The van der Waals surface area contributed by atoms with Crippen molar-refractivity contribution in [3.05, 3.63) is 48.0 Å². The molecule has 2 rings (SSSR count). The topological polar surface area (TPSA) is 92.3 Å². The number of carbonyl (C=O) groups is 2. The van der Waals surface area contributed by atoms with Crippen LogP contribution in [0.2, 0.25) is 0 Å². The molecular weight excluding hydrogens is 402 g/mol. The van der Waals surface area contributed by atoms with Crippen LogP contribution in [0.5, 0.6) is 23.0 Å². The first-order chi connectivity index (χ1) is 15.0. The van der Waals surface area contributed by atoms with Gasteiger partial charge in [-0.3, -0.25) is 4.79 Å². The highest BCUT2D eigenvalue weighted by atomic mass is 16.5. The quantitative estimate of drug-likeness (QED) is 0.430. The first-order valence-electron chi connectivity index (χ1n) is 9.77. The third-order valence-corrected chi connectivity index (χ3v) is 4.01. The second-order valence-electron chi connectivity index (χ2n) is 6.12. The first-order valence-corrected chi connectivity index (χ1v) is 9.77. The number of benzene rings is 2. The number of hydrogen-bond donors (Lipinski definition) is 1. The Labute approximate surface area is 181 Å². The fraction of sp³-hybridized carbons (Fsp3) is 0.304. The number of hydrogen-bond acceptors (Lipinski definition) is 7. The van der Waals surface area contributed by atoms with E-state index in [2.05, 4.69) is 5.32 Å². The van der Waals surface area contributed by atoms with Crippen molar-refractivity contribution in [1.29, 1.82) is 0 Å². The lowest BCUT2D eigenvalue weighted by molar-refractivity contribution is -0.142. The molecule has 0 aliphatic heterocycles. The molecule has 0 heterocycles. The van der Waals surface area contributed by atoms with E-state index in [1.54, 1.807) is 43.5 Å². The summed E-state index contributed by atoms with van der Waals surface area (Å²) in [6.45, 7) is 4.25. The van der Waals surface area contributed by atoms with Crippen molar-refractivity contribution in [2.24, 2.45) is 0 Å². The second-order valence-corrected chi connectivity index (χ2v) is 6.12. The van der Waals surface area contributed by atoms with Gasteiger partial charge in [-0.1, -0.05) is 0 Å². The standard InChI is InChI=1S/C23H27NO7/c1-5-29-20-10-8-17(14-21(20)30-6-2)24-22(25)15-31-23(26)12-7-16-13-18(27-3)9-11-19(16)28-4/h7-14H,5-6,15H2,1-4H3,(H,24,25)/b12-7+. The van der Waals surface area contributed by atoms with Crippen molar-refractivity contribution in [2.45, 2.75) is 13.8 Å². The minimum atomic E-state index is -0.665. The molecule has 2 aromatic rings. The van der Waals surface area contributed by atoms with Gasteiger partial charge in [-0.2, -0.15) is 0 Å². The zero-order valence-corrected chi connectivity index (χ0v) is 18.1. The molecule has 1 N–H and O–H groups in total. The third-order valence-electron chi connectivity index (χ3n) is 4.01. The molecule has 0 aliphatic carbocycles. The number of anilines is 1. The molecule has 1 amide bonds. The monoisotopic (exact) mass is 429 g/mol. The van der Waals surface area contributed by atoms with Gasteiger partial charge in [0.2, 0.25) is 0 Å².